The average molecular weight is 258 g/mol. The summed E-state index contributed by atoms with van der Waals surface area (Å²) >= 11 is 6.03. The lowest BCUT2D eigenvalue weighted by atomic mass is 10.1. The molecule has 0 aliphatic carbocycles. The maximum absolute atomic E-state index is 10.9. The summed E-state index contributed by atoms with van der Waals surface area (Å²) in [6, 6.07) is 5.51. The minimum atomic E-state index is -0.305. The molecule has 0 aromatic heterocycles. The minimum Gasteiger partial charge on any atom is -0.491 e. The number of ether oxygens (including phenoxy) is 2. The number of carbonyl (C=O) groups is 1. The molecule has 0 atom stereocenters. The number of benzene rings is 1. The molecule has 0 aliphatic heterocycles. The average Bonchev–Trinajstić information content (AvgIpc) is 2.32. The Morgan fingerprint density at radius 1 is 1.47 bits per heavy atom. The predicted molar refractivity (Wildman–Crippen MR) is 66.3 cm³/mol. The van der Waals surface area contributed by atoms with Crippen molar-refractivity contribution >= 4 is 17.6 Å². The molecule has 2 N–H and O–H groups in total. The third kappa shape index (κ3) is 4.63. The van der Waals surface area contributed by atoms with E-state index in [-0.39, 0.29) is 19.0 Å². The molecule has 0 fully saturated rings. The third-order valence-corrected chi connectivity index (χ3v) is 2.52. The van der Waals surface area contributed by atoms with E-state index in [0.29, 0.717) is 17.3 Å². The highest BCUT2D eigenvalue weighted by Crippen LogP contribution is 2.25. The molecule has 0 saturated heterocycles. The number of nitrogens with two attached hydrogens (primary N) is 1. The Morgan fingerprint density at radius 3 is 2.82 bits per heavy atom. The first-order valence-electron chi connectivity index (χ1n) is 5.35. The molecule has 0 heterocycles. The van der Waals surface area contributed by atoms with E-state index < -0.39 is 0 Å². The zero-order valence-electron chi connectivity index (χ0n) is 9.74. The number of hydrogen-bond donors (Lipinski definition) is 1. The molecule has 1 aromatic carbocycles. The summed E-state index contributed by atoms with van der Waals surface area (Å²) in [6.07, 6.45) is 0.986. The molecule has 0 aliphatic rings. The Kier molecular flexibility index (Phi) is 5.80. The van der Waals surface area contributed by atoms with E-state index in [4.69, 9.17) is 22.1 Å². The third-order valence-electron chi connectivity index (χ3n) is 2.22. The number of halogens is 1. The summed E-state index contributed by atoms with van der Waals surface area (Å²) in [5, 5.41) is 0.529. The molecule has 94 valence electrons. The smallest absolute Gasteiger partial charge is 0.308 e. The van der Waals surface area contributed by atoms with Crippen molar-refractivity contribution in [3.63, 3.8) is 0 Å². The van der Waals surface area contributed by atoms with Gasteiger partial charge in [-0.3, -0.25) is 4.79 Å². The van der Waals surface area contributed by atoms with Gasteiger partial charge in [0, 0.05) is 0 Å². The second-order valence-electron chi connectivity index (χ2n) is 3.48. The van der Waals surface area contributed by atoms with Gasteiger partial charge in [0.05, 0.1) is 25.2 Å². The van der Waals surface area contributed by atoms with Crippen molar-refractivity contribution in [1.82, 2.24) is 0 Å². The van der Waals surface area contributed by atoms with Gasteiger partial charge in [-0.1, -0.05) is 17.7 Å². The standard InChI is InChI=1S/C12H16ClNO3/c1-16-12(15)5-7-17-11-3-2-9(4-6-14)8-10(11)13/h2-3,8H,4-7,14H2,1H3. The Hall–Kier alpha value is -1.26. The van der Waals surface area contributed by atoms with Crippen molar-refractivity contribution < 1.29 is 14.3 Å². The van der Waals surface area contributed by atoms with Crippen LogP contribution in [0, 0.1) is 0 Å². The normalized spacial score (nSPS) is 10.1. The lowest BCUT2D eigenvalue weighted by Gasteiger charge is -2.08. The van der Waals surface area contributed by atoms with Gasteiger partial charge in [-0.15, -0.1) is 0 Å². The number of hydrogen-bond acceptors (Lipinski definition) is 4. The molecule has 0 unspecified atom stereocenters. The number of rotatable bonds is 6. The first kappa shape index (κ1) is 13.8. The zero-order valence-corrected chi connectivity index (χ0v) is 10.5. The maximum atomic E-state index is 10.9. The van der Waals surface area contributed by atoms with E-state index in [1.54, 1.807) is 6.07 Å². The van der Waals surface area contributed by atoms with E-state index in [1.807, 2.05) is 12.1 Å². The van der Waals surface area contributed by atoms with Crippen LogP contribution in [0.5, 0.6) is 5.75 Å². The molecule has 0 bridgehead atoms. The molecule has 0 spiro atoms. The fraction of sp³-hybridized carbons (Fsp3) is 0.417. The molecule has 1 aromatic rings. The van der Waals surface area contributed by atoms with Crippen molar-refractivity contribution in [3.05, 3.63) is 28.8 Å². The molecule has 17 heavy (non-hydrogen) atoms. The van der Waals surface area contributed by atoms with E-state index in [0.717, 1.165) is 12.0 Å². The van der Waals surface area contributed by atoms with Gasteiger partial charge in [0.15, 0.2) is 0 Å². The van der Waals surface area contributed by atoms with E-state index in [1.165, 1.54) is 7.11 Å². The van der Waals surface area contributed by atoms with E-state index in [9.17, 15) is 4.79 Å². The molecule has 0 saturated carbocycles. The largest absolute Gasteiger partial charge is 0.491 e. The molecule has 5 heteroatoms. The highest BCUT2D eigenvalue weighted by atomic mass is 35.5. The summed E-state index contributed by atoms with van der Waals surface area (Å²) in [5.74, 6) is 0.261. The summed E-state index contributed by atoms with van der Waals surface area (Å²) in [6.45, 7) is 0.835. The van der Waals surface area contributed by atoms with Crippen LogP contribution in [-0.4, -0.2) is 26.2 Å². The molecule has 1 rings (SSSR count). The van der Waals surface area contributed by atoms with Crippen molar-refractivity contribution in [2.45, 2.75) is 12.8 Å². The van der Waals surface area contributed by atoms with Gasteiger partial charge in [0.25, 0.3) is 0 Å². The van der Waals surface area contributed by atoms with Gasteiger partial charge in [0.1, 0.15) is 5.75 Å². The quantitative estimate of drug-likeness (QED) is 0.789. The first-order valence-corrected chi connectivity index (χ1v) is 5.73. The second kappa shape index (κ2) is 7.14. The monoisotopic (exact) mass is 257 g/mol. The second-order valence-corrected chi connectivity index (χ2v) is 3.89. The van der Waals surface area contributed by atoms with Crippen LogP contribution < -0.4 is 10.5 Å². The molecule has 4 nitrogen and oxygen atoms in total. The van der Waals surface area contributed by atoms with Gasteiger partial charge < -0.3 is 15.2 Å². The fourth-order valence-electron chi connectivity index (χ4n) is 1.33. The van der Waals surface area contributed by atoms with Crippen LogP contribution in [-0.2, 0) is 16.0 Å². The highest BCUT2D eigenvalue weighted by Gasteiger charge is 2.05. The van der Waals surface area contributed by atoms with Gasteiger partial charge >= 0.3 is 5.97 Å². The lowest BCUT2D eigenvalue weighted by Crippen LogP contribution is -2.08. The summed E-state index contributed by atoms with van der Waals surface area (Å²) in [7, 11) is 1.34. The van der Waals surface area contributed by atoms with Gasteiger partial charge in [-0.2, -0.15) is 0 Å². The Labute approximate surface area is 106 Å². The van der Waals surface area contributed by atoms with Gasteiger partial charge in [0.2, 0.25) is 0 Å². The van der Waals surface area contributed by atoms with Crippen molar-refractivity contribution in [2.24, 2.45) is 5.73 Å². The topological polar surface area (TPSA) is 61.5 Å². The first-order chi connectivity index (χ1) is 8.17. The van der Waals surface area contributed by atoms with Gasteiger partial charge in [-0.25, -0.2) is 0 Å². The predicted octanol–water partition coefficient (Wildman–Crippen LogP) is 1.78. The number of carbonyl (C=O) groups excluding carboxylic acids is 1. The Balaban J connectivity index is 2.51. The van der Waals surface area contributed by atoms with Crippen molar-refractivity contribution in [2.75, 3.05) is 20.3 Å². The number of esters is 1. The van der Waals surface area contributed by atoms with Crippen LogP contribution >= 0.6 is 11.6 Å². The Morgan fingerprint density at radius 2 is 2.24 bits per heavy atom. The van der Waals surface area contributed by atoms with Crippen LogP contribution in [0.2, 0.25) is 5.02 Å². The molecular formula is C12H16ClNO3. The lowest BCUT2D eigenvalue weighted by molar-refractivity contribution is -0.141. The van der Waals surface area contributed by atoms with E-state index in [2.05, 4.69) is 4.74 Å². The highest BCUT2D eigenvalue weighted by molar-refractivity contribution is 6.32. The minimum absolute atomic E-state index is 0.206. The van der Waals surface area contributed by atoms with Gasteiger partial charge in [-0.05, 0) is 30.7 Å². The summed E-state index contributed by atoms with van der Waals surface area (Å²) in [4.78, 5) is 10.9. The maximum Gasteiger partial charge on any atom is 0.308 e. The van der Waals surface area contributed by atoms with Crippen LogP contribution in [0.25, 0.3) is 0 Å². The SMILES string of the molecule is COC(=O)CCOc1ccc(CCN)cc1Cl. The van der Waals surface area contributed by atoms with Crippen molar-refractivity contribution in [3.8, 4) is 5.75 Å². The van der Waals surface area contributed by atoms with E-state index >= 15 is 0 Å². The van der Waals surface area contributed by atoms with Crippen molar-refractivity contribution in [1.29, 1.82) is 0 Å². The van der Waals surface area contributed by atoms with Crippen LogP contribution in [0.3, 0.4) is 0 Å². The Bertz CT molecular complexity index is 382. The number of methoxy groups -OCH3 is 1. The molecule has 0 amide bonds. The zero-order chi connectivity index (χ0) is 12.7. The summed E-state index contributed by atoms with van der Waals surface area (Å²) < 4.78 is 9.88. The van der Waals surface area contributed by atoms with Crippen LogP contribution in [0.4, 0.5) is 0 Å². The summed E-state index contributed by atoms with van der Waals surface area (Å²) in [5.41, 5.74) is 6.52. The van der Waals surface area contributed by atoms with Crippen LogP contribution in [0.1, 0.15) is 12.0 Å². The fourth-order valence-corrected chi connectivity index (χ4v) is 1.59. The molecule has 0 radical (unpaired) electrons. The van der Waals surface area contributed by atoms with Crippen LogP contribution in [0.15, 0.2) is 18.2 Å². The molecular weight excluding hydrogens is 242 g/mol.